The molecule has 0 radical (unpaired) electrons. The van der Waals surface area contributed by atoms with Gasteiger partial charge in [0.1, 0.15) is 12.6 Å². The molecule has 0 aliphatic rings. The quantitative estimate of drug-likeness (QED) is 0.518. The van der Waals surface area contributed by atoms with Gasteiger partial charge in [-0.25, -0.2) is 8.42 Å². The second-order valence-electron chi connectivity index (χ2n) is 7.82. The molecule has 0 heterocycles. The predicted molar refractivity (Wildman–Crippen MR) is 133 cm³/mol. The minimum Gasteiger partial charge on any atom is -0.352 e. The van der Waals surface area contributed by atoms with E-state index in [9.17, 15) is 18.0 Å². The summed E-state index contributed by atoms with van der Waals surface area (Å²) in [6.45, 7) is 4.60. The highest BCUT2D eigenvalue weighted by Crippen LogP contribution is 2.28. The molecule has 7 nitrogen and oxygen atoms in total. The summed E-state index contributed by atoms with van der Waals surface area (Å²) < 4.78 is 26.0. The summed E-state index contributed by atoms with van der Waals surface area (Å²) in [5.74, 6) is -0.982. The molecular weight excluding hydrogens is 509 g/mol. The summed E-state index contributed by atoms with van der Waals surface area (Å²) in [6, 6.07) is 10.1. The molecule has 180 valence electrons. The van der Waals surface area contributed by atoms with Crippen LogP contribution in [0.5, 0.6) is 0 Å². The van der Waals surface area contributed by atoms with Crippen LogP contribution < -0.4 is 9.62 Å². The lowest BCUT2D eigenvalue weighted by molar-refractivity contribution is -0.139. The maximum absolute atomic E-state index is 13.4. The van der Waals surface area contributed by atoms with E-state index >= 15 is 0 Å². The van der Waals surface area contributed by atoms with Gasteiger partial charge in [-0.2, -0.15) is 0 Å². The van der Waals surface area contributed by atoms with Crippen LogP contribution in [0, 0.1) is 0 Å². The van der Waals surface area contributed by atoms with Crippen molar-refractivity contribution in [3.8, 4) is 0 Å². The van der Waals surface area contributed by atoms with Crippen molar-refractivity contribution in [3.05, 3.63) is 63.1 Å². The number of hydrogen-bond acceptors (Lipinski definition) is 4. The van der Waals surface area contributed by atoms with Gasteiger partial charge in [0.15, 0.2) is 0 Å². The zero-order valence-electron chi connectivity index (χ0n) is 18.7. The van der Waals surface area contributed by atoms with E-state index in [1.807, 2.05) is 0 Å². The average molecular weight is 535 g/mol. The number of sulfonamides is 1. The zero-order chi connectivity index (χ0) is 24.9. The molecule has 1 N–H and O–H groups in total. The molecule has 33 heavy (non-hydrogen) atoms. The van der Waals surface area contributed by atoms with Gasteiger partial charge < -0.3 is 10.2 Å². The number of rotatable bonds is 9. The Morgan fingerprint density at radius 1 is 1.00 bits per heavy atom. The monoisotopic (exact) mass is 533 g/mol. The topological polar surface area (TPSA) is 86.8 Å². The van der Waals surface area contributed by atoms with Gasteiger partial charge in [-0.15, -0.1) is 0 Å². The molecule has 2 aromatic rings. The van der Waals surface area contributed by atoms with E-state index in [0.29, 0.717) is 15.6 Å². The standard InChI is InChI=1S/C22H26Cl3N3O4S/c1-14(2)26-22(30)15(3)27(12-16-9-10-17(23)11-19(16)25)21(29)13-28(33(4,31)32)20-8-6-5-7-18(20)24/h5-11,14-15H,12-13H2,1-4H3,(H,26,30). The molecule has 0 saturated carbocycles. The van der Waals surface area contributed by atoms with Crippen LogP contribution in [0.25, 0.3) is 0 Å². The number of nitrogens with zero attached hydrogens (tertiary/aromatic N) is 2. The minimum absolute atomic E-state index is 0.0261. The van der Waals surface area contributed by atoms with Crippen LogP contribution in [0.4, 0.5) is 5.69 Å². The van der Waals surface area contributed by atoms with Gasteiger partial charge >= 0.3 is 0 Å². The Kier molecular flexibility index (Phi) is 9.43. The van der Waals surface area contributed by atoms with Gasteiger partial charge in [-0.3, -0.25) is 13.9 Å². The predicted octanol–water partition coefficient (Wildman–Crippen LogP) is 4.35. The maximum atomic E-state index is 13.4. The number of nitrogens with one attached hydrogen (secondary N) is 1. The van der Waals surface area contributed by atoms with E-state index in [4.69, 9.17) is 34.8 Å². The second kappa shape index (κ2) is 11.4. The number of amides is 2. The first-order valence-electron chi connectivity index (χ1n) is 10.1. The molecule has 0 fully saturated rings. The van der Waals surface area contributed by atoms with Gasteiger partial charge in [0.2, 0.25) is 21.8 Å². The smallest absolute Gasteiger partial charge is 0.244 e. The molecule has 11 heteroatoms. The summed E-state index contributed by atoms with van der Waals surface area (Å²) in [6.07, 6.45) is 0.985. The summed E-state index contributed by atoms with van der Waals surface area (Å²) >= 11 is 18.5. The molecule has 0 aliphatic heterocycles. The van der Waals surface area contributed by atoms with Crippen molar-refractivity contribution in [2.45, 2.75) is 39.4 Å². The molecule has 0 spiro atoms. The third-order valence-electron chi connectivity index (χ3n) is 4.75. The van der Waals surface area contributed by atoms with E-state index < -0.39 is 28.5 Å². The Morgan fingerprint density at radius 3 is 2.18 bits per heavy atom. The van der Waals surface area contributed by atoms with Crippen LogP contribution in [0.15, 0.2) is 42.5 Å². The Hall–Kier alpha value is -2.00. The van der Waals surface area contributed by atoms with Crippen LogP contribution in [0.2, 0.25) is 15.1 Å². The fourth-order valence-electron chi connectivity index (χ4n) is 3.07. The van der Waals surface area contributed by atoms with Crippen LogP contribution in [-0.2, 0) is 26.2 Å². The van der Waals surface area contributed by atoms with Gasteiger partial charge in [0, 0.05) is 22.6 Å². The van der Waals surface area contributed by atoms with Crippen molar-refractivity contribution in [2.24, 2.45) is 0 Å². The van der Waals surface area contributed by atoms with Gasteiger partial charge in [-0.1, -0.05) is 53.0 Å². The van der Waals surface area contributed by atoms with Crippen molar-refractivity contribution in [1.82, 2.24) is 10.2 Å². The lowest BCUT2D eigenvalue weighted by atomic mass is 10.1. The van der Waals surface area contributed by atoms with Crippen molar-refractivity contribution in [2.75, 3.05) is 17.1 Å². The highest BCUT2D eigenvalue weighted by Gasteiger charge is 2.31. The normalized spacial score (nSPS) is 12.4. The highest BCUT2D eigenvalue weighted by atomic mass is 35.5. The molecule has 2 aromatic carbocycles. The maximum Gasteiger partial charge on any atom is 0.244 e. The Labute approximate surface area is 209 Å². The molecule has 0 aliphatic carbocycles. The molecular formula is C22H26Cl3N3O4S. The number of anilines is 1. The Bertz CT molecular complexity index is 1130. The number of halogens is 3. The number of carbonyl (C=O) groups excluding carboxylic acids is 2. The molecule has 1 unspecified atom stereocenters. The first kappa shape index (κ1) is 27.2. The second-order valence-corrected chi connectivity index (χ2v) is 11.0. The summed E-state index contributed by atoms with van der Waals surface area (Å²) in [5, 5.41) is 3.69. The number of benzene rings is 2. The van der Waals surface area contributed by atoms with Crippen molar-refractivity contribution in [1.29, 1.82) is 0 Å². The average Bonchev–Trinajstić information content (AvgIpc) is 2.70. The lowest BCUT2D eigenvalue weighted by Gasteiger charge is -2.32. The third kappa shape index (κ3) is 7.50. The minimum atomic E-state index is -3.86. The molecule has 0 saturated heterocycles. The van der Waals surface area contributed by atoms with Gasteiger partial charge in [-0.05, 0) is 50.6 Å². The van der Waals surface area contributed by atoms with Crippen molar-refractivity contribution in [3.63, 3.8) is 0 Å². The third-order valence-corrected chi connectivity index (χ3v) is 6.79. The van der Waals surface area contributed by atoms with Crippen LogP contribution in [0.1, 0.15) is 26.3 Å². The van der Waals surface area contributed by atoms with E-state index in [2.05, 4.69) is 5.32 Å². The zero-order valence-corrected chi connectivity index (χ0v) is 21.8. The van der Waals surface area contributed by atoms with Gasteiger partial charge in [0.05, 0.1) is 17.0 Å². The molecule has 0 aromatic heterocycles. The van der Waals surface area contributed by atoms with E-state index in [1.54, 1.807) is 45.0 Å². The van der Waals surface area contributed by atoms with E-state index in [0.717, 1.165) is 10.6 Å². The van der Waals surface area contributed by atoms with Crippen molar-refractivity contribution >= 4 is 62.3 Å². The largest absolute Gasteiger partial charge is 0.352 e. The number of para-hydroxylation sites is 1. The first-order chi connectivity index (χ1) is 15.3. The summed E-state index contributed by atoms with van der Waals surface area (Å²) in [5.41, 5.74) is 0.723. The fourth-order valence-corrected chi connectivity index (χ4v) is 4.69. The highest BCUT2D eigenvalue weighted by molar-refractivity contribution is 7.92. The SMILES string of the molecule is CC(C)NC(=O)C(C)N(Cc1ccc(Cl)cc1Cl)C(=O)CN(c1ccccc1Cl)S(C)(=O)=O. The van der Waals surface area contributed by atoms with E-state index in [-0.39, 0.29) is 29.2 Å². The molecule has 0 bridgehead atoms. The van der Waals surface area contributed by atoms with Gasteiger partial charge in [0.25, 0.3) is 0 Å². The molecule has 2 amide bonds. The molecule has 1 atom stereocenters. The fraction of sp³-hybridized carbons (Fsp3) is 0.364. The van der Waals surface area contributed by atoms with E-state index in [1.165, 1.54) is 23.1 Å². The Morgan fingerprint density at radius 2 is 1.64 bits per heavy atom. The molecule has 2 rings (SSSR count). The number of carbonyl (C=O) groups is 2. The van der Waals surface area contributed by atoms with Crippen LogP contribution >= 0.6 is 34.8 Å². The number of hydrogen-bond donors (Lipinski definition) is 1. The van der Waals surface area contributed by atoms with Crippen molar-refractivity contribution < 1.29 is 18.0 Å². The Balaban J connectivity index is 2.44. The van der Waals surface area contributed by atoms with Crippen LogP contribution in [-0.4, -0.2) is 50.0 Å². The summed E-state index contributed by atoms with van der Waals surface area (Å²) in [4.78, 5) is 27.4. The summed E-state index contributed by atoms with van der Waals surface area (Å²) in [7, 11) is -3.86. The first-order valence-corrected chi connectivity index (χ1v) is 13.1. The lowest BCUT2D eigenvalue weighted by Crippen LogP contribution is -2.52. The van der Waals surface area contributed by atoms with Crippen LogP contribution in [0.3, 0.4) is 0 Å².